The Morgan fingerprint density at radius 3 is 2.57 bits per heavy atom. The number of carbonyl (C=O) groups excluding carboxylic acids is 1. The van der Waals surface area contributed by atoms with Gasteiger partial charge in [-0.25, -0.2) is 0 Å². The molecule has 2 rings (SSSR count). The molecule has 0 radical (unpaired) electrons. The molecule has 0 aliphatic carbocycles. The molecule has 0 aromatic rings. The Hall–Kier alpha value is -0.690. The maximum Gasteiger partial charge on any atom is 0.251 e. The Morgan fingerprint density at radius 2 is 2.00 bits per heavy atom. The molecule has 6 nitrogen and oxygen atoms in total. The lowest BCUT2D eigenvalue weighted by Crippen LogP contribution is -2.54. The molecule has 2 aliphatic heterocycles. The zero-order valence-electron chi connectivity index (χ0n) is 14.8. The highest BCUT2D eigenvalue weighted by Crippen LogP contribution is 2.14. The van der Waals surface area contributed by atoms with Crippen LogP contribution >= 0.6 is 0 Å². The van der Waals surface area contributed by atoms with Crippen LogP contribution < -0.4 is 0 Å². The van der Waals surface area contributed by atoms with Crippen LogP contribution in [0.3, 0.4) is 0 Å². The lowest BCUT2D eigenvalue weighted by atomic mass is 10.1. The van der Waals surface area contributed by atoms with E-state index in [1.807, 2.05) is 25.7 Å². The molecular weight excluding hydrogens is 296 g/mol. The van der Waals surface area contributed by atoms with E-state index in [9.17, 15) is 9.90 Å². The average molecular weight is 328 g/mol. The minimum atomic E-state index is -0.692. The van der Waals surface area contributed by atoms with Crippen LogP contribution in [0.15, 0.2) is 0 Å². The van der Waals surface area contributed by atoms with Crippen LogP contribution in [0.1, 0.15) is 40.0 Å². The van der Waals surface area contributed by atoms with Crippen LogP contribution in [0, 0.1) is 0 Å². The minimum Gasteiger partial charge on any atom is -0.389 e. The van der Waals surface area contributed by atoms with Crippen molar-refractivity contribution in [1.82, 2.24) is 9.80 Å². The molecule has 23 heavy (non-hydrogen) atoms. The highest BCUT2D eigenvalue weighted by molar-refractivity contribution is 5.80. The Labute approximate surface area is 139 Å². The molecule has 2 saturated heterocycles. The lowest BCUT2D eigenvalue weighted by Gasteiger charge is -2.38. The summed E-state index contributed by atoms with van der Waals surface area (Å²) in [6.07, 6.45) is 3.06. The Kier molecular flexibility index (Phi) is 6.83. The second-order valence-electron chi connectivity index (χ2n) is 7.38. The number of hydrogen-bond acceptors (Lipinski definition) is 5. The first-order valence-corrected chi connectivity index (χ1v) is 8.82. The normalized spacial score (nSPS) is 25.4. The third-order valence-electron chi connectivity index (χ3n) is 4.45. The zero-order chi connectivity index (χ0) is 16.9. The fraction of sp³-hybridized carbons (Fsp3) is 0.941. The summed E-state index contributed by atoms with van der Waals surface area (Å²) in [7, 11) is 0. The van der Waals surface area contributed by atoms with Crippen molar-refractivity contribution in [3.8, 4) is 0 Å². The molecule has 2 fully saturated rings. The van der Waals surface area contributed by atoms with Crippen LogP contribution in [-0.2, 0) is 14.3 Å². The molecule has 0 spiro atoms. The quantitative estimate of drug-likeness (QED) is 0.784. The van der Waals surface area contributed by atoms with Crippen molar-refractivity contribution in [2.45, 2.75) is 57.8 Å². The van der Waals surface area contributed by atoms with Crippen LogP contribution in [0.5, 0.6) is 0 Å². The number of amides is 1. The topological polar surface area (TPSA) is 62.2 Å². The number of aliphatic hydroxyl groups is 1. The van der Waals surface area contributed by atoms with E-state index in [-0.39, 0.29) is 12.0 Å². The molecule has 0 bridgehead atoms. The molecule has 2 heterocycles. The summed E-state index contributed by atoms with van der Waals surface area (Å²) in [4.78, 5) is 16.5. The Balaban J connectivity index is 1.69. The van der Waals surface area contributed by atoms with Crippen LogP contribution in [0.2, 0.25) is 0 Å². The van der Waals surface area contributed by atoms with Crippen molar-refractivity contribution < 1.29 is 19.4 Å². The van der Waals surface area contributed by atoms with E-state index in [0.29, 0.717) is 26.2 Å². The molecule has 0 saturated carbocycles. The first-order chi connectivity index (χ1) is 10.8. The number of nitrogens with zero attached hydrogens (tertiary/aromatic N) is 2. The van der Waals surface area contributed by atoms with E-state index < -0.39 is 11.7 Å². The van der Waals surface area contributed by atoms with Gasteiger partial charge in [0, 0.05) is 39.3 Å². The van der Waals surface area contributed by atoms with Gasteiger partial charge in [0.1, 0.15) is 6.10 Å². The van der Waals surface area contributed by atoms with Crippen molar-refractivity contribution in [2.75, 3.05) is 45.9 Å². The smallest absolute Gasteiger partial charge is 0.251 e. The molecule has 0 aromatic heterocycles. The summed E-state index contributed by atoms with van der Waals surface area (Å²) in [6, 6.07) is 0. The lowest BCUT2D eigenvalue weighted by molar-refractivity contribution is -0.148. The molecule has 1 amide bonds. The average Bonchev–Trinajstić information content (AvgIpc) is 2.52. The van der Waals surface area contributed by atoms with Crippen molar-refractivity contribution in [3.05, 3.63) is 0 Å². The molecule has 0 aromatic carbocycles. The fourth-order valence-electron chi connectivity index (χ4n) is 3.19. The summed E-state index contributed by atoms with van der Waals surface area (Å²) >= 11 is 0. The molecule has 2 atom stereocenters. The van der Waals surface area contributed by atoms with Crippen molar-refractivity contribution in [1.29, 1.82) is 0 Å². The van der Waals surface area contributed by atoms with Gasteiger partial charge in [0.2, 0.25) is 0 Å². The highest BCUT2D eigenvalue weighted by atomic mass is 16.5. The summed E-state index contributed by atoms with van der Waals surface area (Å²) in [6.45, 7) is 10.4. The fourth-order valence-corrected chi connectivity index (χ4v) is 3.19. The predicted octanol–water partition coefficient (Wildman–Crippen LogP) is 0.876. The number of ether oxygens (including phenoxy) is 2. The maximum absolute atomic E-state index is 12.5. The number of piperazine rings is 1. The van der Waals surface area contributed by atoms with E-state index in [1.54, 1.807) is 0 Å². The zero-order valence-corrected chi connectivity index (χ0v) is 14.8. The van der Waals surface area contributed by atoms with Gasteiger partial charge < -0.3 is 19.5 Å². The maximum atomic E-state index is 12.5. The van der Waals surface area contributed by atoms with Crippen LogP contribution in [-0.4, -0.2) is 84.6 Å². The van der Waals surface area contributed by atoms with Gasteiger partial charge in [0.05, 0.1) is 18.3 Å². The van der Waals surface area contributed by atoms with Gasteiger partial charge in [-0.2, -0.15) is 0 Å². The van der Waals surface area contributed by atoms with Gasteiger partial charge >= 0.3 is 0 Å². The molecular formula is C17H32N2O4. The monoisotopic (exact) mass is 328 g/mol. The van der Waals surface area contributed by atoms with E-state index in [0.717, 1.165) is 32.5 Å². The molecule has 6 heteroatoms. The van der Waals surface area contributed by atoms with E-state index in [2.05, 4.69) is 4.90 Å². The van der Waals surface area contributed by atoms with Gasteiger partial charge in [-0.3, -0.25) is 9.69 Å². The number of rotatable bonds is 6. The van der Waals surface area contributed by atoms with E-state index >= 15 is 0 Å². The summed E-state index contributed by atoms with van der Waals surface area (Å²) in [5, 5.41) is 9.87. The van der Waals surface area contributed by atoms with Gasteiger partial charge in [-0.1, -0.05) is 0 Å². The van der Waals surface area contributed by atoms with Gasteiger partial charge in [0.15, 0.2) is 0 Å². The number of hydrogen-bond donors (Lipinski definition) is 1. The summed E-state index contributed by atoms with van der Waals surface area (Å²) in [5.74, 6) is 0.0590. The van der Waals surface area contributed by atoms with Gasteiger partial charge in [0.25, 0.3) is 5.91 Å². The first kappa shape index (κ1) is 18.6. The molecule has 134 valence electrons. The summed E-state index contributed by atoms with van der Waals surface area (Å²) in [5.41, 5.74) is -0.692. The van der Waals surface area contributed by atoms with E-state index in [4.69, 9.17) is 9.47 Å². The third-order valence-corrected chi connectivity index (χ3v) is 4.45. The van der Waals surface area contributed by atoms with Crippen LogP contribution in [0.4, 0.5) is 0 Å². The first-order valence-electron chi connectivity index (χ1n) is 8.82. The van der Waals surface area contributed by atoms with Gasteiger partial charge in [-0.05, 0) is 40.0 Å². The van der Waals surface area contributed by atoms with Crippen LogP contribution in [0.25, 0.3) is 0 Å². The van der Waals surface area contributed by atoms with Crippen molar-refractivity contribution in [3.63, 3.8) is 0 Å². The van der Waals surface area contributed by atoms with Crippen molar-refractivity contribution in [2.24, 2.45) is 0 Å². The minimum absolute atomic E-state index is 0.0590. The predicted molar refractivity (Wildman–Crippen MR) is 88.3 cm³/mol. The Bertz CT molecular complexity index is 369. The number of carbonyl (C=O) groups is 1. The molecule has 2 aliphatic rings. The summed E-state index contributed by atoms with van der Waals surface area (Å²) < 4.78 is 11.4. The largest absolute Gasteiger partial charge is 0.389 e. The highest BCUT2D eigenvalue weighted by Gasteiger charge is 2.28. The Morgan fingerprint density at radius 1 is 1.30 bits per heavy atom. The van der Waals surface area contributed by atoms with E-state index in [1.165, 1.54) is 6.42 Å². The van der Waals surface area contributed by atoms with Gasteiger partial charge in [-0.15, -0.1) is 0 Å². The number of β-amino-alcohol motifs (C(OH)–C–C–N with tert-alkyl or cyclic N) is 1. The molecule has 0 unspecified atom stereocenters. The van der Waals surface area contributed by atoms with Crippen molar-refractivity contribution >= 4 is 5.91 Å². The second kappa shape index (κ2) is 8.42. The molecule has 1 N–H and O–H groups in total. The second-order valence-corrected chi connectivity index (χ2v) is 7.38. The SMILES string of the molecule is C[C@@H](OC[C@H]1CCCCO1)C(=O)N1CCN(CC(C)(C)O)CC1. The standard InChI is InChI=1S/C17H32N2O4/c1-14(23-12-15-6-4-5-11-22-15)16(20)19-9-7-18(8-10-19)13-17(2,3)21/h14-15,21H,4-13H2,1-3H3/t14-,15-/m1/s1. The third kappa shape index (κ3) is 6.37.